The van der Waals surface area contributed by atoms with Crippen molar-refractivity contribution < 1.29 is 4.74 Å². The second-order valence-electron chi connectivity index (χ2n) is 5.46. The van der Waals surface area contributed by atoms with Crippen LogP contribution in [-0.4, -0.2) is 11.7 Å². The van der Waals surface area contributed by atoms with E-state index in [0.29, 0.717) is 12.0 Å². The van der Waals surface area contributed by atoms with Crippen LogP contribution >= 0.6 is 0 Å². The van der Waals surface area contributed by atoms with Gasteiger partial charge in [0.2, 0.25) is 0 Å². The molecular formula is C16H26O. The van der Waals surface area contributed by atoms with Gasteiger partial charge in [-0.3, -0.25) is 0 Å². The van der Waals surface area contributed by atoms with Crippen molar-refractivity contribution in [1.29, 1.82) is 0 Å². The van der Waals surface area contributed by atoms with Gasteiger partial charge in [0.15, 0.2) is 0 Å². The Morgan fingerprint density at radius 3 is 2.24 bits per heavy atom. The predicted octanol–water partition coefficient (Wildman–Crippen LogP) is 4.56. The summed E-state index contributed by atoms with van der Waals surface area (Å²) >= 11 is 0. The molecule has 1 aromatic carbocycles. The lowest BCUT2D eigenvalue weighted by Gasteiger charge is -2.27. The molecule has 1 aliphatic carbocycles. The molecule has 1 heteroatoms. The molecule has 0 heterocycles. The van der Waals surface area contributed by atoms with Crippen LogP contribution in [0.3, 0.4) is 0 Å². The number of fused-ring (bicyclic) bond motifs is 1. The van der Waals surface area contributed by atoms with Crippen LogP contribution in [-0.2, 0) is 11.2 Å². The Balaban J connectivity index is 0.000000686. The van der Waals surface area contributed by atoms with Crippen LogP contribution in [0.15, 0.2) is 24.3 Å². The molecule has 1 aromatic rings. The van der Waals surface area contributed by atoms with Crippen LogP contribution in [0.2, 0.25) is 0 Å². The third-order valence-corrected chi connectivity index (χ3v) is 3.03. The van der Waals surface area contributed by atoms with Crippen molar-refractivity contribution in [3.63, 3.8) is 0 Å². The molecular weight excluding hydrogens is 208 g/mol. The van der Waals surface area contributed by atoms with Gasteiger partial charge in [0.25, 0.3) is 0 Å². The first-order valence-corrected chi connectivity index (χ1v) is 6.73. The molecule has 17 heavy (non-hydrogen) atoms. The van der Waals surface area contributed by atoms with E-state index in [9.17, 15) is 0 Å². The monoisotopic (exact) mass is 234 g/mol. The van der Waals surface area contributed by atoms with Gasteiger partial charge in [-0.2, -0.15) is 0 Å². The zero-order valence-electron chi connectivity index (χ0n) is 12.1. The summed E-state index contributed by atoms with van der Waals surface area (Å²) in [6.07, 6.45) is 1.41. The van der Waals surface area contributed by atoms with Crippen LogP contribution in [0, 0.1) is 0 Å². The zero-order chi connectivity index (χ0) is 13.1. The second kappa shape index (κ2) is 5.68. The fraction of sp³-hybridized carbons (Fsp3) is 0.625. The number of ether oxygens (including phenoxy) is 1. The molecule has 0 aliphatic heterocycles. The van der Waals surface area contributed by atoms with Gasteiger partial charge < -0.3 is 4.74 Å². The molecule has 2 atom stereocenters. The standard InChI is InChI=1S/C14H20O.C2H6/c1-10-12-8-6-5-7-11(12)9-13(10)15-14(2,3)4;1-2/h5-8,10,13H,9H2,1-4H3;1-2H3/t10-,13?;/m0./s1. The van der Waals surface area contributed by atoms with Crippen molar-refractivity contribution in [3.8, 4) is 0 Å². The molecule has 2 rings (SSSR count). The van der Waals surface area contributed by atoms with Crippen molar-refractivity contribution in [3.05, 3.63) is 35.4 Å². The summed E-state index contributed by atoms with van der Waals surface area (Å²) in [5.41, 5.74) is 2.88. The summed E-state index contributed by atoms with van der Waals surface area (Å²) in [6.45, 7) is 12.6. The Hall–Kier alpha value is -0.820. The first kappa shape index (κ1) is 14.2. The maximum absolute atomic E-state index is 6.09. The lowest BCUT2D eigenvalue weighted by Crippen LogP contribution is -2.29. The van der Waals surface area contributed by atoms with E-state index < -0.39 is 0 Å². The Morgan fingerprint density at radius 2 is 1.71 bits per heavy atom. The average Bonchev–Trinajstić information content (AvgIpc) is 2.57. The molecule has 0 N–H and O–H groups in total. The van der Waals surface area contributed by atoms with Crippen LogP contribution in [0.5, 0.6) is 0 Å². The predicted molar refractivity (Wildman–Crippen MR) is 74.5 cm³/mol. The van der Waals surface area contributed by atoms with E-state index in [2.05, 4.69) is 52.0 Å². The largest absolute Gasteiger partial charge is 0.372 e. The smallest absolute Gasteiger partial charge is 0.0688 e. The lowest BCUT2D eigenvalue weighted by molar-refractivity contribution is -0.0635. The molecule has 0 aromatic heterocycles. The van der Waals surface area contributed by atoms with E-state index in [1.807, 2.05) is 13.8 Å². The molecule has 0 spiro atoms. The molecule has 0 amide bonds. The fourth-order valence-electron chi connectivity index (χ4n) is 2.36. The molecule has 1 nitrogen and oxygen atoms in total. The highest BCUT2D eigenvalue weighted by Crippen LogP contribution is 2.36. The van der Waals surface area contributed by atoms with Gasteiger partial charge in [-0.1, -0.05) is 45.0 Å². The van der Waals surface area contributed by atoms with Gasteiger partial charge in [0.1, 0.15) is 0 Å². The van der Waals surface area contributed by atoms with Crippen LogP contribution in [0.1, 0.15) is 58.6 Å². The van der Waals surface area contributed by atoms with E-state index in [-0.39, 0.29) is 5.60 Å². The minimum Gasteiger partial charge on any atom is -0.372 e. The Morgan fingerprint density at radius 1 is 1.12 bits per heavy atom. The molecule has 0 fully saturated rings. The number of benzene rings is 1. The summed E-state index contributed by atoms with van der Waals surface area (Å²) < 4.78 is 6.09. The number of rotatable bonds is 1. The topological polar surface area (TPSA) is 9.23 Å². The maximum atomic E-state index is 6.09. The Labute approximate surface area is 106 Å². The summed E-state index contributed by atoms with van der Waals surface area (Å²) in [5.74, 6) is 0.528. The summed E-state index contributed by atoms with van der Waals surface area (Å²) in [4.78, 5) is 0. The summed E-state index contributed by atoms with van der Waals surface area (Å²) in [5, 5.41) is 0. The van der Waals surface area contributed by atoms with Crippen molar-refractivity contribution in [2.24, 2.45) is 0 Å². The van der Waals surface area contributed by atoms with E-state index in [0.717, 1.165) is 6.42 Å². The first-order chi connectivity index (χ1) is 7.97. The fourth-order valence-corrected chi connectivity index (χ4v) is 2.36. The van der Waals surface area contributed by atoms with Crippen molar-refractivity contribution in [2.75, 3.05) is 0 Å². The second-order valence-corrected chi connectivity index (χ2v) is 5.46. The normalized spacial score (nSPS) is 22.7. The van der Waals surface area contributed by atoms with E-state index in [4.69, 9.17) is 4.74 Å². The van der Waals surface area contributed by atoms with Gasteiger partial charge >= 0.3 is 0 Å². The zero-order valence-corrected chi connectivity index (χ0v) is 12.1. The van der Waals surface area contributed by atoms with Crippen LogP contribution < -0.4 is 0 Å². The Bertz CT molecular complexity index is 349. The molecule has 96 valence electrons. The van der Waals surface area contributed by atoms with Gasteiger partial charge in [0.05, 0.1) is 11.7 Å². The van der Waals surface area contributed by atoms with Crippen molar-refractivity contribution >= 4 is 0 Å². The highest BCUT2D eigenvalue weighted by atomic mass is 16.5. The van der Waals surface area contributed by atoms with Crippen LogP contribution in [0.4, 0.5) is 0 Å². The van der Waals surface area contributed by atoms with E-state index in [1.54, 1.807) is 0 Å². The van der Waals surface area contributed by atoms with Gasteiger partial charge in [-0.05, 0) is 38.3 Å². The molecule has 0 saturated carbocycles. The number of hydrogen-bond donors (Lipinski definition) is 0. The van der Waals surface area contributed by atoms with E-state index in [1.165, 1.54) is 11.1 Å². The highest BCUT2D eigenvalue weighted by molar-refractivity contribution is 5.36. The summed E-state index contributed by atoms with van der Waals surface area (Å²) in [7, 11) is 0. The Kier molecular flexibility index (Phi) is 4.76. The minimum atomic E-state index is -0.0407. The minimum absolute atomic E-state index is 0.0407. The third-order valence-electron chi connectivity index (χ3n) is 3.03. The number of hydrogen-bond acceptors (Lipinski definition) is 1. The van der Waals surface area contributed by atoms with Gasteiger partial charge in [-0.15, -0.1) is 0 Å². The lowest BCUT2D eigenvalue weighted by atomic mass is 10.0. The SMILES string of the molecule is CC.C[C@H]1c2ccccc2CC1OC(C)(C)C. The molecule has 1 unspecified atom stereocenters. The van der Waals surface area contributed by atoms with Gasteiger partial charge in [-0.25, -0.2) is 0 Å². The molecule has 1 aliphatic rings. The molecule has 0 radical (unpaired) electrons. The quantitative estimate of drug-likeness (QED) is 0.692. The van der Waals surface area contributed by atoms with E-state index >= 15 is 0 Å². The average molecular weight is 234 g/mol. The first-order valence-electron chi connectivity index (χ1n) is 6.73. The maximum Gasteiger partial charge on any atom is 0.0688 e. The molecule has 0 saturated heterocycles. The molecule has 0 bridgehead atoms. The highest BCUT2D eigenvalue weighted by Gasteiger charge is 2.32. The van der Waals surface area contributed by atoms with Crippen molar-refractivity contribution in [1.82, 2.24) is 0 Å². The third kappa shape index (κ3) is 3.57. The summed E-state index contributed by atoms with van der Waals surface area (Å²) in [6, 6.07) is 8.68. The van der Waals surface area contributed by atoms with Crippen molar-refractivity contribution in [2.45, 2.75) is 65.6 Å². The van der Waals surface area contributed by atoms with Crippen LogP contribution in [0.25, 0.3) is 0 Å². The van der Waals surface area contributed by atoms with Gasteiger partial charge in [0, 0.05) is 5.92 Å².